The number of halogens is 3. The zero-order chi connectivity index (χ0) is 29.9. The molecule has 0 aliphatic heterocycles. The number of hydrogen-bond donors (Lipinski definition) is 2. The minimum Gasteiger partial charge on any atom is -0.493 e. The molecule has 214 valence electrons. The maximum Gasteiger partial charge on any atom is 0.416 e. The Balaban J connectivity index is 1.79. The summed E-state index contributed by atoms with van der Waals surface area (Å²) < 4.78 is 63.0. The van der Waals surface area contributed by atoms with Gasteiger partial charge in [0, 0.05) is 16.7 Å². The van der Waals surface area contributed by atoms with Crippen molar-refractivity contribution in [3.63, 3.8) is 0 Å². The van der Waals surface area contributed by atoms with Crippen molar-refractivity contribution in [2.45, 2.75) is 19.2 Å². The molecule has 12 heteroatoms. The number of nitrogen functional groups attached to an aromatic ring is 1. The van der Waals surface area contributed by atoms with E-state index in [0.717, 1.165) is 6.07 Å². The van der Waals surface area contributed by atoms with Crippen molar-refractivity contribution in [1.29, 1.82) is 0 Å². The number of carbonyl (C=O) groups is 1. The van der Waals surface area contributed by atoms with E-state index in [0.29, 0.717) is 34.1 Å². The highest BCUT2D eigenvalue weighted by Crippen LogP contribution is 2.42. The number of nitrogens with two attached hydrogens (primary N) is 2. The van der Waals surface area contributed by atoms with Crippen LogP contribution in [0, 0.1) is 0 Å². The molecule has 9 nitrogen and oxygen atoms in total. The summed E-state index contributed by atoms with van der Waals surface area (Å²) in [5.41, 5.74) is 12.3. The molecule has 4 rings (SSSR count). The Kier molecular flexibility index (Phi) is 8.22. The molecule has 4 aromatic rings. The van der Waals surface area contributed by atoms with Gasteiger partial charge in [-0.2, -0.15) is 13.2 Å². The predicted octanol–water partition coefficient (Wildman–Crippen LogP) is 5.68. The summed E-state index contributed by atoms with van der Waals surface area (Å²) in [5.74, 6) is 0.391. The monoisotopic (exact) mass is 568 g/mol. The van der Waals surface area contributed by atoms with Gasteiger partial charge in [-0.25, -0.2) is 9.97 Å². The number of nitrogens with zero attached hydrogens (tertiary/aromatic N) is 2. The lowest BCUT2D eigenvalue weighted by atomic mass is 10.0. The number of alkyl halides is 3. The van der Waals surface area contributed by atoms with Crippen LogP contribution in [0.25, 0.3) is 22.5 Å². The average Bonchev–Trinajstić information content (AvgIpc) is 2.95. The first kappa shape index (κ1) is 29.0. The van der Waals surface area contributed by atoms with Gasteiger partial charge in [-0.05, 0) is 37.3 Å². The van der Waals surface area contributed by atoms with E-state index in [1.807, 2.05) is 0 Å². The van der Waals surface area contributed by atoms with Crippen molar-refractivity contribution in [2.75, 3.05) is 27.1 Å². The number of primary amides is 1. The summed E-state index contributed by atoms with van der Waals surface area (Å²) in [7, 11) is 4.45. The molecule has 1 atom stereocenters. The molecule has 1 heterocycles. The Morgan fingerprint density at radius 1 is 0.902 bits per heavy atom. The van der Waals surface area contributed by atoms with Crippen molar-refractivity contribution in [1.82, 2.24) is 9.97 Å². The summed E-state index contributed by atoms with van der Waals surface area (Å²) >= 11 is 0. The Hall–Kier alpha value is -5.00. The molecule has 41 heavy (non-hydrogen) atoms. The van der Waals surface area contributed by atoms with Crippen LogP contribution in [0.15, 0.2) is 60.8 Å². The fraction of sp³-hybridized carbons (Fsp3) is 0.207. The Bertz CT molecular complexity index is 1570. The quantitative estimate of drug-likeness (QED) is 0.264. The first-order valence-electron chi connectivity index (χ1n) is 12.2. The van der Waals surface area contributed by atoms with Gasteiger partial charge in [-0.1, -0.05) is 24.3 Å². The van der Waals surface area contributed by atoms with Crippen LogP contribution in [0.4, 0.5) is 19.0 Å². The van der Waals surface area contributed by atoms with E-state index in [2.05, 4.69) is 9.97 Å². The van der Waals surface area contributed by atoms with Crippen LogP contribution in [-0.2, 0) is 6.18 Å². The third kappa shape index (κ3) is 5.96. The Morgan fingerprint density at radius 2 is 1.54 bits per heavy atom. The van der Waals surface area contributed by atoms with Gasteiger partial charge in [0.2, 0.25) is 5.75 Å². The number of aromatic nitrogens is 2. The van der Waals surface area contributed by atoms with Gasteiger partial charge < -0.3 is 30.4 Å². The molecule has 0 fully saturated rings. The molecule has 0 spiro atoms. The van der Waals surface area contributed by atoms with E-state index in [9.17, 15) is 18.0 Å². The Labute approximate surface area is 233 Å². The summed E-state index contributed by atoms with van der Waals surface area (Å²) in [5, 5.41) is 0. The molecule has 0 bridgehead atoms. The van der Waals surface area contributed by atoms with Gasteiger partial charge in [0.25, 0.3) is 5.91 Å². The molecule has 1 aromatic heterocycles. The van der Waals surface area contributed by atoms with E-state index < -0.39 is 23.8 Å². The van der Waals surface area contributed by atoms with Crippen LogP contribution in [0.3, 0.4) is 0 Å². The highest BCUT2D eigenvalue weighted by molar-refractivity contribution is 5.96. The molecule has 3 aromatic carbocycles. The van der Waals surface area contributed by atoms with Crippen LogP contribution in [0.5, 0.6) is 23.0 Å². The maximum atomic E-state index is 13.6. The number of ether oxygens (including phenoxy) is 4. The Morgan fingerprint density at radius 3 is 2.12 bits per heavy atom. The molecule has 1 amide bonds. The van der Waals surface area contributed by atoms with E-state index in [-0.39, 0.29) is 28.4 Å². The molecule has 0 saturated heterocycles. The number of rotatable bonds is 9. The molecule has 0 radical (unpaired) electrons. The van der Waals surface area contributed by atoms with Gasteiger partial charge in [-0.3, -0.25) is 4.79 Å². The standard InChI is InChI=1S/C29H27F3N4O5/c1-15(18-7-5-6-8-20(18)29(30,31)32)41-22-11-16(9-10-19(22)28(34)37)25-27(33)35-14-21(36-25)17-12-23(38-2)26(40-4)24(13-17)39-3/h5-15H,1-4H3,(H2,33,35)(H2,34,37). The fourth-order valence-corrected chi connectivity index (χ4v) is 4.31. The van der Waals surface area contributed by atoms with Crippen molar-refractivity contribution >= 4 is 11.7 Å². The molecule has 0 aliphatic rings. The first-order chi connectivity index (χ1) is 19.5. The van der Waals surface area contributed by atoms with Crippen molar-refractivity contribution < 1.29 is 36.9 Å². The zero-order valence-electron chi connectivity index (χ0n) is 22.6. The number of amides is 1. The highest BCUT2D eigenvalue weighted by Gasteiger charge is 2.35. The number of anilines is 1. The highest BCUT2D eigenvalue weighted by atomic mass is 19.4. The predicted molar refractivity (Wildman–Crippen MR) is 146 cm³/mol. The first-order valence-corrected chi connectivity index (χ1v) is 12.2. The van der Waals surface area contributed by atoms with Gasteiger partial charge in [0.05, 0.1) is 44.3 Å². The van der Waals surface area contributed by atoms with Crippen LogP contribution in [0.2, 0.25) is 0 Å². The molecule has 0 saturated carbocycles. The third-order valence-electron chi connectivity index (χ3n) is 6.29. The van der Waals surface area contributed by atoms with E-state index in [1.54, 1.807) is 18.2 Å². The van der Waals surface area contributed by atoms with Crippen molar-refractivity contribution in [3.05, 3.63) is 77.5 Å². The SMILES string of the molecule is COc1cc(-c2cnc(N)c(-c3ccc(C(N)=O)c(OC(C)c4ccccc4C(F)(F)F)c3)n2)cc(OC)c1OC. The number of methoxy groups -OCH3 is 3. The zero-order valence-corrected chi connectivity index (χ0v) is 22.6. The average molecular weight is 569 g/mol. The summed E-state index contributed by atoms with van der Waals surface area (Å²) in [4.78, 5) is 21.1. The molecule has 4 N–H and O–H groups in total. The number of benzene rings is 3. The normalized spacial score (nSPS) is 12.0. The molecule has 1 unspecified atom stereocenters. The lowest BCUT2D eigenvalue weighted by molar-refractivity contribution is -0.139. The third-order valence-corrected chi connectivity index (χ3v) is 6.29. The largest absolute Gasteiger partial charge is 0.493 e. The molecule has 0 aliphatic carbocycles. The van der Waals surface area contributed by atoms with Crippen LogP contribution in [-0.4, -0.2) is 37.2 Å². The van der Waals surface area contributed by atoms with Gasteiger partial charge >= 0.3 is 6.18 Å². The van der Waals surface area contributed by atoms with E-state index in [1.165, 1.54) is 64.8 Å². The van der Waals surface area contributed by atoms with Crippen LogP contribution < -0.4 is 30.4 Å². The summed E-state index contributed by atoms with van der Waals surface area (Å²) in [6.45, 7) is 1.45. The number of hydrogen-bond acceptors (Lipinski definition) is 8. The fourth-order valence-electron chi connectivity index (χ4n) is 4.31. The van der Waals surface area contributed by atoms with Crippen molar-refractivity contribution in [2.24, 2.45) is 5.73 Å². The van der Waals surface area contributed by atoms with E-state index >= 15 is 0 Å². The smallest absolute Gasteiger partial charge is 0.416 e. The topological polar surface area (TPSA) is 132 Å². The second-order valence-corrected chi connectivity index (χ2v) is 8.82. The lowest BCUT2D eigenvalue weighted by Gasteiger charge is -2.21. The van der Waals surface area contributed by atoms with Gasteiger partial charge in [0.1, 0.15) is 23.4 Å². The summed E-state index contributed by atoms with van der Waals surface area (Å²) in [6.07, 6.45) is -4.22. The lowest BCUT2D eigenvalue weighted by Crippen LogP contribution is -2.17. The van der Waals surface area contributed by atoms with Gasteiger partial charge in [0.15, 0.2) is 11.5 Å². The van der Waals surface area contributed by atoms with Gasteiger partial charge in [-0.15, -0.1) is 0 Å². The number of carbonyl (C=O) groups excluding carboxylic acids is 1. The maximum absolute atomic E-state index is 13.6. The summed E-state index contributed by atoms with van der Waals surface area (Å²) in [6, 6.07) is 12.8. The second kappa shape index (κ2) is 11.6. The minimum absolute atomic E-state index is 0.0302. The van der Waals surface area contributed by atoms with Crippen LogP contribution >= 0.6 is 0 Å². The molecular weight excluding hydrogens is 541 g/mol. The minimum atomic E-state index is -4.60. The second-order valence-electron chi connectivity index (χ2n) is 8.82. The van der Waals surface area contributed by atoms with E-state index in [4.69, 9.17) is 30.4 Å². The van der Waals surface area contributed by atoms with Crippen LogP contribution in [0.1, 0.15) is 34.5 Å². The van der Waals surface area contributed by atoms with Crippen molar-refractivity contribution in [3.8, 4) is 45.5 Å². The molecular formula is C29H27F3N4O5.